The second-order valence-electron chi connectivity index (χ2n) is 3.33. The molecule has 0 spiro atoms. The van der Waals surface area contributed by atoms with Crippen molar-refractivity contribution in [1.82, 2.24) is 9.78 Å². The van der Waals surface area contributed by atoms with E-state index in [4.69, 9.17) is 10.5 Å². The first-order valence-electron chi connectivity index (χ1n) is 4.43. The van der Waals surface area contributed by atoms with Gasteiger partial charge < -0.3 is 10.5 Å². The average molecular weight is 197 g/mol. The molecule has 0 saturated heterocycles. The monoisotopic (exact) mass is 197 g/mol. The number of carbonyl (C=O) groups excluding carboxylic acids is 1. The van der Waals surface area contributed by atoms with Crippen LogP contribution in [0.25, 0.3) is 0 Å². The Morgan fingerprint density at radius 3 is 2.86 bits per heavy atom. The molecule has 0 bridgehead atoms. The van der Waals surface area contributed by atoms with Gasteiger partial charge >= 0.3 is 5.97 Å². The molecule has 1 aromatic rings. The lowest BCUT2D eigenvalue weighted by atomic mass is 9.97. The van der Waals surface area contributed by atoms with Crippen LogP contribution in [0, 0.1) is 0 Å². The Balaban J connectivity index is 2.89. The molecule has 0 amide bonds. The van der Waals surface area contributed by atoms with Gasteiger partial charge in [0, 0.05) is 18.8 Å². The molecule has 78 valence electrons. The van der Waals surface area contributed by atoms with Crippen LogP contribution >= 0.6 is 0 Å². The quantitative estimate of drug-likeness (QED) is 0.700. The van der Waals surface area contributed by atoms with Gasteiger partial charge in [-0.1, -0.05) is 0 Å². The van der Waals surface area contributed by atoms with Crippen LogP contribution in [-0.2, 0) is 22.1 Å². The molecule has 0 radical (unpaired) electrons. The molecule has 0 aromatic carbocycles. The molecular formula is C9H15N3O2. The zero-order chi connectivity index (χ0) is 10.8. The maximum absolute atomic E-state index is 11.5. The Bertz CT molecular complexity index is 331. The third kappa shape index (κ3) is 1.93. The van der Waals surface area contributed by atoms with Crippen LogP contribution in [0.3, 0.4) is 0 Å². The normalized spacial score (nSPS) is 14.9. The lowest BCUT2D eigenvalue weighted by Gasteiger charge is -2.20. The summed E-state index contributed by atoms with van der Waals surface area (Å²) in [5.74, 6) is -0.437. The van der Waals surface area contributed by atoms with Gasteiger partial charge in [0.2, 0.25) is 0 Å². The van der Waals surface area contributed by atoms with Crippen molar-refractivity contribution < 1.29 is 9.53 Å². The molecule has 1 atom stereocenters. The predicted molar refractivity (Wildman–Crippen MR) is 51.4 cm³/mol. The minimum atomic E-state index is -1.12. The fourth-order valence-corrected chi connectivity index (χ4v) is 1.09. The summed E-state index contributed by atoms with van der Waals surface area (Å²) in [7, 11) is 1.77. The van der Waals surface area contributed by atoms with Gasteiger partial charge in [0.25, 0.3) is 0 Å². The van der Waals surface area contributed by atoms with Crippen LogP contribution in [0.1, 0.15) is 19.4 Å². The van der Waals surface area contributed by atoms with Crippen molar-refractivity contribution in [1.29, 1.82) is 0 Å². The van der Waals surface area contributed by atoms with Gasteiger partial charge in [0.05, 0.1) is 12.8 Å². The first-order chi connectivity index (χ1) is 6.48. The van der Waals surface area contributed by atoms with Crippen LogP contribution < -0.4 is 5.73 Å². The Kier molecular flexibility index (Phi) is 2.90. The van der Waals surface area contributed by atoms with E-state index < -0.39 is 11.5 Å². The van der Waals surface area contributed by atoms with Crippen molar-refractivity contribution in [2.24, 2.45) is 12.8 Å². The molecule has 5 nitrogen and oxygen atoms in total. The summed E-state index contributed by atoms with van der Waals surface area (Å²) in [5.41, 5.74) is 5.38. The first kappa shape index (κ1) is 10.7. The van der Waals surface area contributed by atoms with Crippen molar-refractivity contribution in [2.75, 3.05) is 6.61 Å². The molecule has 5 heteroatoms. The fourth-order valence-electron chi connectivity index (χ4n) is 1.09. The summed E-state index contributed by atoms with van der Waals surface area (Å²) in [6.07, 6.45) is 3.27. The molecule has 0 saturated carbocycles. The third-order valence-electron chi connectivity index (χ3n) is 2.00. The number of aromatic nitrogens is 2. The topological polar surface area (TPSA) is 70.1 Å². The summed E-state index contributed by atoms with van der Waals surface area (Å²) in [5, 5.41) is 3.95. The van der Waals surface area contributed by atoms with Gasteiger partial charge in [-0.2, -0.15) is 5.10 Å². The number of nitrogens with zero attached hydrogens (tertiary/aromatic N) is 2. The average Bonchev–Trinajstić information content (AvgIpc) is 2.52. The molecule has 1 heterocycles. The summed E-state index contributed by atoms with van der Waals surface area (Å²) in [6.45, 7) is 3.69. The first-order valence-corrected chi connectivity index (χ1v) is 4.43. The van der Waals surface area contributed by atoms with E-state index in [0.717, 1.165) is 0 Å². The summed E-state index contributed by atoms with van der Waals surface area (Å²) in [6, 6.07) is 0. The number of hydrogen-bond acceptors (Lipinski definition) is 4. The second-order valence-corrected chi connectivity index (χ2v) is 3.33. The van der Waals surface area contributed by atoms with E-state index in [2.05, 4.69) is 5.10 Å². The molecule has 0 aliphatic rings. The van der Waals surface area contributed by atoms with Crippen molar-refractivity contribution in [3.63, 3.8) is 0 Å². The van der Waals surface area contributed by atoms with E-state index >= 15 is 0 Å². The molecule has 14 heavy (non-hydrogen) atoms. The number of rotatable bonds is 3. The van der Waals surface area contributed by atoms with Crippen molar-refractivity contribution in [2.45, 2.75) is 19.4 Å². The lowest BCUT2D eigenvalue weighted by molar-refractivity contribution is -0.149. The molecule has 2 N–H and O–H groups in total. The van der Waals surface area contributed by atoms with Crippen LogP contribution in [-0.4, -0.2) is 22.4 Å². The van der Waals surface area contributed by atoms with Gasteiger partial charge in [-0.05, 0) is 13.8 Å². The molecule has 1 aromatic heterocycles. The van der Waals surface area contributed by atoms with E-state index in [0.29, 0.717) is 12.2 Å². The SMILES string of the molecule is CCOC(=O)[C@](C)(N)c1cnn(C)c1. The van der Waals surface area contributed by atoms with Crippen LogP contribution in [0.2, 0.25) is 0 Å². The minimum Gasteiger partial charge on any atom is -0.464 e. The highest BCUT2D eigenvalue weighted by Gasteiger charge is 2.33. The molecule has 0 aliphatic carbocycles. The Morgan fingerprint density at radius 1 is 1.79 bits per heavy atom. The van der Waals surface area contributed by atoms with Crippen LogP contribution in [0.15, 0.2) is 12.4 Å². The number of aryl methyl sites for hydroxylation is 1. The van der Waals surface area contributed by atoms with Crippen molar-refractivity contribution in [3.8, 4) is 0 Å². The van der Waals surface area contributed by atoms with E-state index in [1.807, 2.05) is 0 Å². The van der Waals surface area contributed by atoms with Crippen molar-refractivity contribution >= 4 is 5.97 Å². The fraction of sp³-hybridized carbons (Fsp3) is 0.556. The molecular weight excluding hydrogens is 182 g/mol. The summed E-state index contributed by atoms with van der Waals surface area (Å²) >= 11 is 0. The summed E-state index contributed by atoms with van der Waals surface area (Å²) < 4.78 is 6.47. The Morgan fingerprint density at radius 2 is 2.43 bits per heavy atom. The molecule has 1 rings (SSSR count). The number of hydrogen-bond donors (Lipinski definition) is 1. The maximum Gasteiger partial charge on any atom is 0.330 e. The van der Waals surface area contributed by atoms with Gasteiger partial charge in [-0.25, -0.2) is 4.79 Å². The van der Waals surface area contributed by atoms with E-state index in [-0.39, 0.29) is 0 Å². The lowest BCUT2D eigenvalue weighted by Crippen LogP contribution is -2.42. The van der Waals surface area contributed by atoms with Gasteiger partial charge in [-0.3, -0.25) is 4.68 Å². The maximum atomic E-state index is 11.5. The highest BCUT2D eigenvalue weighted by molar-refractivity contribution is 5.81. The predicted octanol–water partition coefficient (Wildman–Crippen LogP) is 0.157. The molecule has 0 aliphatic heterocycles. The van der Waals surface area contributed by atoms with Crippen LogP contribution in [0.5, 0.6) is 0 Å². The third-order valence-corrected chi connectivity index (χ3v) is 2.00. The number of nitrogens with two attached hydrogens (primary N) is 1. The highest BCUT2D eigenvalue weighted by atomic mass is 16.5. The van der Waals surface area contributed by atoms with E-state index in [9.17, 15) is 4.79 Å². The van der Waals surface area contributed by atoms with Gasteiger partial charge in [-0.15, -0.1) is 0 Å². The van der Waals surface area contributed by atoms with E-state index in [1.54, 1.807) is 38.0 Å². The Hall–Kier alpha value is -1.36. The number of esters is 1. The van der Waals surface area contributed by atoms with Gasteiger partial charge in [0.15, 0.2) is 0 Å². The van der Waals surface area contributed by atoms with E-state index in [1.165, 1.54) is 0 Å². The minimum absolute atomic E-state index is 0.325. The second kappa shape index (κ2) is 3.79. The largest absolute Gasteiger partial charge is 0.464 e. The van der Waals surface area contributed by atoms with Crippen LogP contribution in [0.4, 0.5) is 0 Å². The van der Waals surface area contributed by atoms with Crippen molar-refractivity contribution in [3.05, 3.63) is 18.0 Å². The number of ether oxygens (including phenoxy) is 1. The summed E-state index contributed by atoms with van der Waals surface area (Å²) in [4.78, 5) is 11.5. The zero-order valence-corrected chi connectivity index (χ0v) is 8.65. The molecule has 0 fully saturated rings. The highest BCUT2D eigenvalue weighted by Crippen LogP contribution is 2.18. The number of carbonyl (C=O) groups is 1. The smallest absolute Gasteiger partial charge is 0.330 e. The Labute approximate surface area is 82.8 Å². The standard InChI is InChI=1S/C9H15N3O2/c1-4-14-8(13)9(2,10)7-5-11-12(3)6-7/h5-6H,4,10H2,1-3H3/t9-/m1/s1. The zero-order valence-electron chi connectivity index (χ0n) is 8.65. The molecule has 0 unspecified atom stereocenters. The van der Waals surface area contributed by atoms with Gasteiger partial charge in [0.1, 0.15) is 5.54 Å².